The van der Waals surface area contributed by atoms with Crippen molar-refractivity contribution in [3.05, 3.63) is 68.1 Å². The molecule has 2 heterocycles. The van der Waals surface area contributed by atoms with E-state index in [0.29, 0.717) is 12.1 Å². The van der Waals surface area contributed by atoms with Crippen molar-refractivity contribution in [3.63, 3.8) is 0 Å². The van der Waals surface area contributed by atoms with Crippen LogP contribution in [0.4, 0.5) is 0 Å². The van der Waals surface area contributed by atoms with Gasteiger partial charge in [0.25, 0.3) is 5.91 Å². The van der Waals surface area contributed by atoms with Gasteiger partial charge in [0.2, 0.25) is 0 Å². The zero-order valence-electron chi connectivity index (χ0n) is 12.8. The molecular formula is C17H16BrN3OS. The van der Waals surface area contributed by atoms with Gasteiger partial charge in [0.05, 0.1) is 33.5 Å². The lowest BCUT2D eigenvalue weighted by Crippen LogP contribution is -2.22. The molecule has 1 amide bonds. The SMILES string of the molecule is Cc1ccccc1-n1ncc(C(=O)NCc2ccc(Br)s2)c1C. The maximum absolute atomic E-state index is 12.4. The first-order chi connectivity index (χ1) is 11.1. The Morgan fingerprint density at radius 3 is 2.74 bits per heavy atom. The predicted molar refractivity (Wildman–Crippen MR) is 96.2 cm³/mol. The summed E-state index contributed by atoms with van der Waals surface area (Å²) in [5.74, 6) is -0.105. The lowest BCUT2D eigenvalue weighted by Gasteiger charge is -2.08. The van der Waals surface area contributed by atoms with E-state index in [-0.39, 0.29) is 5.91 Å². The molecule has 1 N–H and O–H groups in total. The maximum atomic E-state index is 12.4. The number of aryl methyl sites for hydroxylation is 1. The lowest BCUT2D eigenvalue weighted by molar-refractivity contribution is 0.0950. The van der Waals surface area contributed by atoms with Crippen LogP contribution >= 0.6 is 27.3 Å². The first kappa shape index (κ1) is 16.0. The van der Waals surface area contributed by atoms with Crippen molar-refractivity contribution in [1.29, 1.82) is 0 Å². The summed E-state index contributed by atoms with van der Waals surface area (Å²) in [5.41, 5.74) is 3.55. The summed E-state index contributed by atoms with van der Waals surface area (Å²) in [5, 5.41) is 7.32. The van der Waals surface area contributed by atoms with Gasteiger partial charge in [-0.25, -0.2) is 4.68 Å². The lowest BCUT2D eigenvalue weighted by atomic mass is 10.2. The van der Waals surface area contributed by atoms with Gasteiger partial charge in [-0.05, 0) is 53.5 Å². The number of hydrogen-bond donors (Lipinski definition) is 1. The zero-order chi connectivity index (χ0) is 16.4. The fourth-order valence-electron chi connectivity index (χ4n) is 2.39. The maximum Gasteiger partial charge on any atom is 0.255 e. The Hall–Kier alpha value is -1.92. The van der Waals surface area contributed by atoms with E-state index in [1.165, 1.54) is 0 Å². The standard InChI is InChI=1S/C17H16BrN3OS/c1-11-5-3-4-6-15(11)21-12(2)14(10-20-21)17(22)19-9-13-7-8-16(18)23-13/h3-8,10H,9H2,1-2H3,(H,19,22). The van der Waals surface area contributed by atoms with Crippen LogP contribution in [0.3, 0.4) is 0 Å². The molecule has 0 fully saturated rings. The number of halogens is 1. The largest absolute Gasteiger partial charge is 0.347 e. The van der Waals surface area contributed by atoms with Crippen LogP contribution in [0.25, 0.3) is 5.69 Å². The van der Waals surface area contributed by atoms with Gasteiger partial charge in [0, 0.05) is 4.88 Å². The monoisotopic (exact) mass is 389 g/mol. The van der Waals surface area contributed by atoms with E-state index in [9.17, 15) is 4.79 Å². The molecule has 0 unspecified atom stereocenters. The third-order valence-corrected chi connectivity index (χ3v) is 5.27. The number of carbonyl (C=O) groups is 1. The summed E-state index contributed by atoms with van der Waals surface area (Å²) in [4.78, 5) is 13.5. The normalized spacial score (nSPS) is 10.7. The Kier molecular flexibility index (Phi) is 4.63. The number of thiophene rings is 1. The molecule has 0 spiro atoms. The van der Waals surface area contributed by atoms with E-state index in [0.717, 1.165) is 25.6 Å². The number of amides is 1. The molecule has 118 valence electrons. The average Bonchev–Trinajstić information content (AvgIpc) is 3.12. The van der Waals surface area contributed by atoms with Crippen molar-refractivity contribution in [1.82, 2.24) is 15.1 Å². The van der Waals surface area contributed by atoms with Crippen molar-refractivity contribution in [2.75, 3.05) is 0 Å². The van der Waals surface area contributed by atoms with Crippen molar-refractivity contribution < 1.29 is 4.79 Å². The van der Waals surface area contributed by atoms with E-state index in [1.54, 1.807) is 17.5 Å². The van der Waals surface area contributed by atoms with Crippen LogP contribution in [0.5, 0.6) is 0 Å². The number of aromatic nitrogens is 2. The van der Waals surface area contributed by atoms with Crippen LogP contribution in [-0.4, -0.2) is 15.7 Å². The first-order valence-corrected chi connectivity index (χ1v) is 8.80. The Morgan fingerprint density at radius 2 is 2.04 bits per heavy atom. The van der Waals surface area contributed by atoms with E-state index in [2.05, 4.69) is 26.3 Å². The summed E-state index contributed by atoms with van der Waals surface area (Å²) in [6.07, 6.45) is 1.63. The number of rotatable bonds is 4. The van der Waals surface area contributed by atoms with Crippen LogP contribution in [0.15, 0.2) is 46.4 Å². The van der Waals surface area contributed by atoms with Gasteiger partial charge >= 0.3 is 0 Å². The molecule has 0 bridgehead atoms. The second-order valence-electron chi connectivity index (χ2n) is 5.23. The molecule has 0 aliphatic rings. The minimum Gasteiger partial charge on any atom is -0.347 e. The molecule has 3 aromatic rings. The smallest absolute Gasteiger partial charge is 0.255 e. The topological polar surface area (TPSA) is 46.9 Å². The molecule has 6 heteroatoms. The number of benzene rings is 1. The number of nitrogens with zero attached hydrogens (tertiary/aromatic N) is 2. The molecule has 3 rings (SSSR count). The minimum atomic E-state index is -0.105. The molecular weight excluding hydrogens is 374 g/mol. The highest BCUT2D eigenvalue weighted by atomic mass is 79.9. The van der Waals surface area contributed by atoms with Crippen LogP contribution in [0, 0.1) is 13.8 Å². The fourth-order valence-corrected chi connectivity index (χ4v) is 3.81. The first-order valence-electron chi connectivity index (χ1n) is 7.19. The summed E-state index contributed by atoms with van der Waals surface area (Å²) >= 11 is 5.04. The Bertz CT molecular complexity index is 853. The van der Waals surface area contributed by atoms with Crippen molar-refractivity contribution in [2.45, 2.75) is 20.4 Å². The van der Waals surface area contributed by atoms with Crippen molar-refractivity contribution in [3.8, 4) is 5.69 Å². The van der Waals surface area contributed by atoms with E-state index >= 15 is 0 Å². The highest BCUT2D eigenvalue weighted by Gasteiger charge is 2.15. The van der Waals surface area contributed by atoms with E-state index < -0.39 is 0 Å². The number of carbonyl (C=O) groups excluding carboxylic acids is 1. The highest BCUT2D eigenvalue weighted by Crippen LogP contribution is 2.22. The van der Waals surface area contributed by atoms with E-state index in [4.69, 9.17) is 0 Å². The van der Waals surface area contributed by atoms with Crippen LogP contribution in [0.1, 0.15) is 26.5 Å². The predicted octanol–water partition coefficient (Wildman–Crippen LogP) is 4.24. The molecule has 0 radical (unpaired) electrons. The highest BCUT2D eigenvalue weighted by molar-refractivity contribution is 9.11. The number of nitrogens with one attached hydrogen (secondary N) is 1. The molecule has 1 aromatic carbocycles. The van der Waals surface area contributed by atoms with Gasteiger partial charge in [-0.15, -0.1) is 11.3 Å². The summed E-state index contributed by atoms with van der Waals surface area (Å²) in [6.45, 7) is 4.46. The average molecular weight is 390 g/mol. The van der Waals surface area contributed by atoms with Crippen LogP contribution < -0.4 is 5.32 Å². The molecule has 0 aliphatic carbocycles. The molecule has 0 atom stereocenters. The quantitative estimate of drug-likeness (QED) is 0.724. The second kappa shape index (κ2) is 6.68. The molecule has 0 aliphatic heterocycles. The van der Waals surface area contributed by atoms with Crippen LogP contribution in [0.2, 0.25) is 0 Å². The van der Waals surface area contributed by atoms with Gasteiger partial charge in [-0.1, -0.05) is 18.2 Å². The summed E-state index contributed by atoms with van der Waals surface area (Å²) in [6, 6.07) is 12.0. The Morgan fingerprint density at radius 1 is 1.26 bits per heavy atom. The molecule has 0 saturated heterocycles. The summed E-state index contributed by atoms with van der Waals surface area (Å²) < 4.78 is 2.87. The van der Waals surface area contributed by atoms with Gasteiger partial charge < -0.3 is 5.32 Å². The van der Waals surface area contributed by atoms with E-state index in [1.807, 2.05) is 54.9 Å². The molecule has 4 nitrogen and oxygen atoms in total. The molecule has 2 aromatic heterocycles. The fraction of sp³-hybridized carbons (Fsp3) is 0.176. The Balaban J connectivity index is 1.79. The summed E-state index contributed by atoms with van der Waals surface area (Å²) in [7, 11) is 0. The Labute approximate surface area is 147 Å². The third kappa shape index (κ3) is 3.38. The third-order valence-electron chi connectivity index (χ3n) is 3.65. The van der Waals surface area contributed by atoms with Gasteiger partial charge in [0.15, 0.2) is 0 Å². The van der Waals surface area contributed by atoms with Gasteiger partial charge in [-0.3, -0.25) is 4.79 Å². The van der Waals surface area contributed by atoms with Crippen molar-refractivity contribution >= 4 is 33.2 Å². The second-order valence-corrected chi connectivity index (χ2v) is 7.78. The van der Waals surface area contributed by atoms with Crippen LogP contribution in [-0.2, 0) is 6.54 Å². The van der Waals surface area contributed by atoms with Gasteiger partial charge in [0.1, 0.15) is 0 Å². The molecule has 0 saturated carbocycles. The number of para-hydroxylation sites is 1. The minimum absolute atomic E-state index is 0.105. The number of hydrogen-bond acceptors (Lipinski definition) is 3. The van der Waals surface area contributed by atoms with Crippen molar-refractivity contribution in [2.24, 2.45) is 0 Å². The molecule has 23 heavy (non-hydrogen) atoms. The zero-order valence-corrected chi connectivity index (χ0v) is 15.2. The van der Waals surface area contributed by atoms with Gasteiger partial charge in [-0.2, -0.15) is 5.10 Å².